The van der Waals surface area contributed by atoms with Crippen LogP contribution in [0.5, 0.6) is 0 Å². The van der Waals surface area contributed by atoms with E-state index in [0.29, 0.717) is 19.3 Å². The predicted molar refractivity (Wildman–Crippen MR) is 137 cm³/mol. The molecule has 0 aromatic carbocycles. The van der Waals surface area contributed by atoms with Gasteiger partial charge in [-0.3, -0.25) is 4.79 Å². The van der Waals surface area contributed by atoms with Crippen LogP contribution in [0.1, 0.15) is 106 Å². The van der Waals surface area contributed by atoms with Crippen LogP contribution >= 0.6 is 0 Å². The Kier molecular flexibility index (Phi) is 6.01. The molecular formula is C30H50O6. The molecule has 0 aromatic heterocycles. The van der Waals surface area contributed by atoms with Crippen LogP contribution in [0.2, 0.25) is 0 Å². The summed E-state index contributed by atoms with van der Waals surface area (Å²) < 4.78 is 6.41. The van der Waals surface area contributed by atoms with E-state index in [0.717, 1.165) is 38.5 Å². The molecule has 5 fully saturated rings. The Morgan fingerprint density at radius 3 is 2.08 bits per heavy atom. The van der Waals surface area contributed by atoms with Crippen LogP contribution in [0.3, 0.4) is 0 Å². The monoisotopic (exact) mass is 506 g/mol. The Bertz CT molecular complexity index is 917. The summed E-state index contributed by atoms with van der Waals surface area (Å²) in [6, 6.07) is 0. The lowest BCUT2D eigenvalue weighted by Crippen LogP contribution is -2.61. The van der Waals surface area contributed by atoms with Crippen molar-refractivity contribution in [3.05, 3.63) is 0 Å². The van der Waals surface area contributed by atoms with Crippen molar-refractivity contribution in [2.75, 3.05) is 0 Å². The van der Waals surface area contributed by atoms with Gasteiger partial charge in [-0.15, -0.1) is 0 Å². The van der Waals surface area contributed by atoms with Crippen LogP contribution in [-0.4, -0.2) is 61.3 Å². The number of ether oxygens (including phenoxy) is 1. The first-order valence-electron chi connectivity index (χ1n) is 14.5. The molecule has 6 nitrogen and oxygen atoms in total. The van der Waals surface area contributed by atoms with Crippen LogP contribution < -0.4 is 0 Å². The largest absolute Gasteiger partial charge is 0.390 e. The lowest BCUT2D eigenvalue weighted by Gasteiger charge is -2.59. The third kappa shape index (κ3) is 3.36. The van der Waals surface area contributed by atoms with E-state index in [1.165, 1.54) is 0 Å². The van der Waals surface area contributed by atoms with Gasteiger partial charge in [-0.25, -0.2) is 0 Å². The highest BCUT2D eigenvalue weighted by Crippen LogP contribution is 2.70. The van der Waals surface area contributed by atoms with Crippen LogP contribution in [0, 0.1) is 39.9 Å². The Morgan fingerprint density at radius 2 is 1.44 bits per heavy atom. The Morgan fingerprint density at radius 1 is 0.806 bits per heavy atom. The molecule has 4 aliphatic carbocycles. The number of fused-ring (bicyclic) bond motifs is 4. The molecule has 0 bridgehead atoms. The van der Waals surface area contributed by atoms with Gasteiger partial charge in [0.25, 0.3) is 0 Å². The molecule has 206 valence electrons. The van der Waals surface area contributed by atoms with Crippen molar-refractivity contribution in [2.45, 2.75) is 141 Å². The lowest BCUT2D eigenvalue weighted by molar-refractivity contribution is -0.218. The molecule has 1 aliphatic heterocycles. The maximum Gasteiger partial charge on any atom is 0.193 e. The van der Waals surface area contributed by atoms with Gasteiger partial charge < -0.3 is 25.2 Å². The molecule has 1 heterocycles. The van der Waals surface area contributed by atoms with Crippen molar-refractivity contribution in [3.63, 3.8) is 0 Å². The normalized spacial score (nSPS) is 56.7. The number of hydrogen-bond acceptors (Lipinski definition) is 6. The summed E-state index contributed by atoms with van der Waals surface area (Å²) in [5, 5.41) is 46.1. The van der Waals surface area contributed by atoms with Crippen LogP contribution in [0.4, 0.5) is 0 Å². The second kappa shape index (κ2) is 8.00. The molecule has 5 rings (SSSR count). The minimum Gasteiger partial charge on any atom is -0.390 e. The van der Waals surface area contributed by atoms with E-state index in [2.05, 4.69) is 27.7 Å². The first-order valence-corrected chi connectivity index (χ1v) is 14.5. The van der Waals surface area contributed by atoms with E-state index < -0.39 is 40.2 Å². The molecule has 1 saturated heterocycles. The quantitative estimate of drug-likeness (QED) is 0.451. The average Bonchev–Trinajstić information content (AvgIpc) is 3.28. The summed E-state index contributed by atoms with van der Waals surface area (Å²) in [4.78, 5) is 13.2. The summed E-state index contributed by atoms with van der Waals surface area (Å²) in [5.74, 6) is -0.0420. The van der Waals surface area contributed by atoms with Crippen molar-refractivity contribution < 1.29 is 30.0 Å². The fourth-order valence-electron chi connectivity index (χ4n) is 10.7. The van der Waals surface area contributed by atoms with E-state index in [-0.39, 0.29) is 40.6 Å². The van der Waals surface area contributed by atoms with E-state index >= 15 is 0 Å². The molecular weight excluding hydrogens is 456 g/mol. The molecule has 0 radical (unpaired) electrons. The smallest absolute Gasteiger partial charge is 0.193 e. The second-order valence-corrected chi connectivity index (χ2v) is 15.2. The van der Waals surface area contributed by atoms with E-state index in [9.17, 15) is 25.2 Å². The van der Waals surface area contributed by atoms with Gasteiger partial charge in [0.1, 0.15) is 12.2 Å². The molecule has 5 aliphatic rings. The lowest BCUT2D eigenvalue weighted by atomic mass is 9.48. The number of ketones is 1. The van der Waals surface area contributed by atoms with Crippen LogP contribution in [0.25, 0.3) is 0 Å². The minimum absolute atomic E-state index is 0.0135. The fourth-order valence-corrected chi connectivity index (χ4v) is 10.7. The summed E-state index contributed by atoms with van der Waals surface area (Å²) >= 11 is 0. The average molecular weight is 507 g/mol. The van der Waals surface area contributed by atoms with Crippen molar-refractivity contribution in [3.8, 4) is 0 Å². The molecule has 0 amide bonds. The van der Waals surface area contributed by atoms with Crippen molar-refractivity contribution in [2.24, 2.45) is 39.9 Å². The SMILES string of the molecule is CC(C)[C@]1(O)CC[C@@]2(C)C[C@](O)([C@H]3CC[C@@H]4[C@]3(C)CC[C@H]3OC(C)(C)[C@H](O)C(=O)[C@@H](O)[C@]43C)CC[C@@H]21. The molecule has 4 N–H and O–H groups in total. The van der Waals surface area contributed by atoms with Crippen LogP contribution in [0.15, 0.2) is 0 Å². The highest BCUT2D eigenvalue weighted by molar-refractivity contribution is 5.89. The van der Waals surface area contributed by atoms with Crippen molar-refractivity contribution in [1.29, 1.82) is 0 Å². The number of rotatable bonds is 2. The molecule has 36 heavy (non-hydrogen) atoms. The number of carbonyl (C=O) groups is 1. The van der Waals surface area contributed by atoms with E-state index in [4.69, 9.17) is 4.74 Å². The number of carbonyl (C=O) groups excluding carboxylic acids is 1. The minimum atomic E-state index is -1.36. The number of Topliss-reactive ketones (excluding diaryl/α,β-unsaturated/α-hetero) is 1. The van der Waals surface area contributed by atoms with Gasteiger partial charge >= 0.3 is 0 Å². The first-order chi connectivity index (χ1) is 16.5. The standard InChI is InChI=1S/C30H50O6/c1-17(2)30(35)15-14-26(5)16-29(34,13-10-18(26)30)20-9-8-19-27(20,6)12-11-21-28(19,7)24(33)22(31)23(32)25(3,4)36-21/h17-21,23-24,32-35H,8-16H2,1-7H3/t18-,19+,20-,21+,23+,24+,26-,27-,28+,29-,30+/m0/s1. The van der Waals surface area contributed by atoms with Gasteiger partial charge in [-0.05, 0) is 106 Å². The first kappa shape index (κ1) is 27.1. The maximum absolute atomic E-state index is 13.2. The number of hydrogen-bond donors (Lipinski definition) is 4. The van der Waals surface area contributed by atoms with Crippen molar-refractivity contribution in [1.82, 2.24) is 0 Å². The van der Waals surface area contributed by atoms with Gasteiger partial charge in [-0.1, -0.05) is 34.6 Å². The molecule has 0 spiro atoms. The van der Waals surface area contributed by atoms with Crippen LogP contribution in [-0.2, 0) is 9.53 Å². The zero-order valence-corrected chi connectivity index (χ0v) is 23.5. The second-order valence-electron chi connectivity index (χ2n) is 15.2. The number of aliphatic hydroxyl groups is 4. The fraction of sp³-hybridized carbons (Fsp3) is 0.967. The Labute approximate surface area is 217 Å². The van der Waals surface area contributed by atoms with E-state index in [1.807, 2.05) is 6.92 Å². The summed E-state index contributed by atoms with van der Waals surface area (Å²) in [6.45, 7) is 14.2. The maximum atomic E-state index is 13.2. The van der Waals surface area contributed by atoms with E-state index in [1.54, 1.807) is 13.8 Å². The molecule has 4 saturated carbocycles. The topological polar surface area (TPSA) is 107 Å². The van der Waals surface area contributed by atoms with Gasteiger partial charge in [-0.2, -0.15) is 0 Å². The van der Waals surface area contributed by atoms with Gasteiger partial charge in [0.05, 0.1) is 22.9 Å². The van der Waals surface area contributed by atoms with Crippen molar-refractivity contribution >= 4 is 5.78 Å². The highest BCUT2D eigenvalue weighted by Gasteiger charge is 2.70. The number of aliphatic hydroxyl groups excluding tert-OH is 2. The summed E-state index contributed by atoms with van der Waals surface area (Å²) in [7, 11) is 0. The third-order valence-corrected chi connectivity index (χ3v) is 12.7. The summed E-state index contributed by atoms with van der Waals surface area (Å²) in [5.41, 5.74) is -3.65. The zero-order valence-electron chi connectivity index (χ0n) is 23.5. The molecule has 0 aromatic rings. The predicted octanol–water partition coefficient (Wildman–Crippen LogP) is 4.01. The zero-order chi connectivity index (χ0) is 26.7. The summed E-state index contributed by atoms with van der Waals surface area (Å²) in [6.07, 6.45) is 4.27. The van der Waals surface area contributed by atoms with Gasteiger partial charge in [0.15, 0.2) is 5.78 Å². The Hall–Kier alpha value is -0.530. The molecule has 6 heteroatoms. The third-order valence-electron chi connectivity index (χ3n) is 12.7. The molecule has 0 unspecified atom stereocenters. The Balaban J connectivity index is 1.46. The molecule has 11 atom stereocenters. The van der Waals surface area contributed by atoms with Gasteiger partial charge in [0.2, 0.25) is 0 Å². The van der Waals surface area contributed by atoms with Gasteiger partial charge in [0, 0.05) is 5.41 Å². The highest BCUT2D eigenvalue weighted by atomic mass is 16.5.